The Morgan fingerprint density at radius 1 is 1.00 bits per heavy atom. The van der Waals surface area contributed by atoms with Gasteiger partial charge in [0.2, 0.25) is 0 Å². The Labute approximate surface area is 170 Å². The molecule has 4 heteroatoms. The molecule has 0 bridgehead atoms. The number of anilines is 1. The Bertz CT molecular complexity index is 1260. The van der Waals surface area contributed by atoms with Gasteiger partial charge in [-0.05, 0) is 63.9 Å². The fourth-order valence-electron chi connectivity index (χ4n) is 4.33. The van der Waals surface area contributed by atoms with Crippen molar-refractivity contribution in [2.45, 2.75) is 19.4 Å². The lowest BCUT2D eigenvalue weighted by Crippen LogP contribution is -2.23. The maximum atomic E-state index is 6.23. The number of benzene rings is 4. The quantitative estimate of drug-likeness (QED) is 0.385. The molecule has 3 N–H and O–H groups in total. The van der Waals surface area contributed by atoms with Crippen LogP contribution < -0.4 is 15.8 Å². The van der Waals surface area contributed by atoms with E-state index in [1.54, 1.807) is 7.11 Å². The maximum absolute atomic E-state index is 6.23. The van der Waals surface area contributed by atoms with Crippen molar-refractivity contribution < 1.29 is 4.74 Å². The minimum absolute atomic E-state index is 0.428. The summed E-state index contributed by atoms with van der Waals surface area (Å²) in [5.41, 5.74) is 11.1. The van der Waals surface area contributed by atoms with E-state index in [4.69, 9.17) is 10.5 Å². The summed E-state index contributed by atoms with van der Waals surface area (Å²) in [5.74, 6) is 1.28. The van der Waals surface area contributed by atoms with E-state index < -0.39 is 0 Å². The van der Waals surface area contributed by atoms with E-state index in [-0.39, 0.29) is 0 Å². The zero-order valence-electron chi connectivity index (χ0n) is 16.4. The predicted molar refractivity (Wildman–Crippen MR) is 121 cm³/mol. The molecule has 1 aliphatic rings. The number of hydrogen-bond acceptors (Lipinski definition) is 2. The van der Waals surface area contributed by atoms with Crippen LogP contribution in [0, 0.1) is 0 Å². The Morgan fingerprint density at radius 2 is 1.86 bits per heavy atom. The number of nitrogens with two attached hydrogens (primary N) is 1. The molecule has 0 aromatic heterocycles. The number of ether oxygens (including phenoxy) is 1. The molecule has 144 valence electrons. The first-order valence-electron chi connectivity index (χ1n) is 9.89. The molecule has 0 spiro atoms. The number of aryl methyl sites for hydroxylation is 2. The van der Waals surface area contributed by atoms with Crippen molar-refractivity contribution in [3.8, 4) is 5.75 Å². The summed E-state index contributed by atoms with van der Waals surface area (Å²) in [7, 11) is 1.70. The zero-order chi connectivity index (χ0) is 19.8. The number of guanidine groups is 1. The lowest BCUT2D eigenvalue weighted by molar-refractivity contribution is 0.419. The highest BCUT2D eigenvalue weighted by atomic mass is 16.5. The van der Waals surface area contributed by atoms with Crippen LogP contribution in [0.1, 0.15) is 16.7 Å². The van der Waals surface area contributed by atoms with Gasteiger partial charge in [-0.2, -0.15) is 0 Å². The smallest absolute Gasteiger partial charge is 0.193 e. The largest absolute Gasteiger partial charge is 0.496 e. The van der Waals surface area contributed by atoms with Crippen LogP contribution in [0.2, 0.25) is 0 Å². The summed E-state index contributed by atoms with van der Waals surface area (Å²) >= 11 is 0. The summed E-state index contributed by atoms with van der Waals surface area (Å²) < 4.78 is 5.55. The third kappa shape index (κ3) is 3.17. The van der Waals surface area contributed by atoms with Crippen LogP contribution in [0.5, 0.6) is 5.75 Å². The lowest BCUT2D eigenvalue weighted by Gasteiger charge is -2.12. The molecule has 0 aliphatic heterocycles. The minimum Gasteiger partial charge on any atom is -0.496 e. The highest BCUT2D eigenvalue weighted by Gasteiger charge is 2.17. The van der Waals surface area contributed by atoms with Gasteiger partial charge in [0.05, 0.1) is 13.7 Å². The average molecular weight is 381 g/mol. The van der Waals surface area contributed by atoms with E-state index in [9.17, 15) is 0 Å². The van der Waals surface area contributed by atoms with Crippen molar-refractivity contribution in [3.05, 3.63) is 83.4 Å². The van der Waals surface area contributed by atoms with Gasteiger partial charge < -0.3 is 15.8 Å². The number of nitrogens with zero attached hydrogens (tertiary/aromatic N) is 1. The Hall–Kier alpha value is -3.53. The first-order valence-corrected chi connectivity index (χ1v) is 9.89. The SMILES string of the molecule is COc1cc(CN=C(N)Nc2ccc3cccc4c3c2CC4)cc2ccccc12. The molecule has 0 amide bonds. The van der Waals surface area contributed by atoms with E-state index in [1.807, 2.05) is 18.2 Å². The topological polar surface area (TPSA) is 59.6 Å². The van der Waals surface area contributed by atoms with Crippen molar-refractivity contribution in [1.29, 1.82) is 0 Å². The van der Waals surface area contributed by atoms with Gasteiger partial charge in [0.1, 0.15) is 5.75 Å². The van der Waals surface area contributed by atoms with E-state index in [1.165, 1.54) is 21.9 Å². The minimum atomic E-state index is 0.428. The molecule has 0 heterocycles. The van der Waals surface area contributed by atoms with Gasteiger partial charge in [-0.15, -0.1) is 0 Å². The molecule has 0 atom stereocenters. The second-order valence-corrected chi connectivity index (χ2v) is 7.45. The van der Waals surface area contributed by atoms with Crippen LogP contribution in [-0.4, -0.2) is 13.1 Å². The van der Waals surface area contributed by atoms with Crippen LogP contribution in [0.4, 0.5) is 5.69 Å². The summed E-state index contributed by atoms with van der Waals surface area (Å²) in [6, 6.07) is 23.1. The Morgan fingerprint density at radius 3 is 2.76 bits per heavy atom. The number of methoxy groups -OCH3 is 1. The summed E-state index contributed by atoms with van der Waals surface area (Å²) in [5, 5.41) is 8.21. The third-order valence-electron chi connectivity index (χ3n) is 5.68. The number of aliphatic imine (C=N–C) groups is 1. The first-order chi connectivity index (χ1) is 14.2. The second-order valence-electron chi connectivity index (χ2n) is 7.45. The van der Waals surface area contributed by atoms with Crippen molar-refractivity contribution in [3.63, 3.8) is 0 Å². The third-order valence-corrected chi connectivity index (χ3v) is 5.68. The van der Waals surface area contributed by atoms with Crippen LogP contribution in [0.15, 0.2) is 71.7 Å². The van der Waals surface area contributed by atoms with Gasteiger partial charge in [0.25, 0.3) is 0 Å². The van der Waals surface area contributed by atoms with Gasteiger partial charge in [0, 0.05) is 11.1 Å². The molecule has 29 heavy (non-hydrogen) atoms. The highest BCUT2D eigenvalue weighted by molar-refractivity contribution is 6.00. The Balaban J connectivity index is 1.41. The molecule has 0 saturated carbocycles. The zero-order valence-corrected chi connectivity index (χ0v) is 16.4. The number of hydrogen-bond donors (Lipinski definition) is 2. The molecule has 0 unspecified atom stereocenters. The standard InChI is InChI=1S/C25H23N3O/c1-29-23-14-16(13-19-5-2-3-8-20(19)23)15-27-25(26)28-22-12-10-18-7-4-6-17-9-11-21(22)24(17)18/h2-8,10,12-14H,9,11,15H2,1H3,(H3,26,27,28). The highest BCUT2D eigenvalue weighted by Crippen LogP contribution is 2.35. The van der Waals surface area contributed by atoms with Gasteiger partial charge in [-0.1, -0.05) is 48.5 Å². The van der Waals surface area contributed by atoms with E-state index >= 15 is 0 Å². The molecule has 0 radical (unpaired) electrons. The average Bonchev–Trinajstić information content (AvgIpc) is 3.19. The van der Waals surface area contributed by atoms with Crippen LogP contribution >= 0.6 is 0 Å². The van der Waals surface area contributed by atoms with Crippen molar-refractivity contribution in [2.24, 2.45) is 10.7 Å². The molecular weight excluding hydrogens is 358 g/mol. The number of fused-ring (bicyclic) bond motifs is 1. The fourth-order valence-corrected chi connectivity index (χ4v) is 4.33. The summed E-state index contributed by atoms with van der Waals surface area (Å²) in [6.45, 7) is 0.494. The van der Waals surface area contributed by atoms with Gasteiger partial charge in [-0.3, -0.25) is 0 Å². The van der Waals surface area contributed by atoms with Crippen molar-refractivity contribution >= 4 is 33.2 Å². The van der Waals surface area contributed by atoms with Crippen LogP contribution in [0.3, 0.4) is 0 Å². The van der Waals surface area contributed by atoms with Crippen molar-refractivity contribution in [1.82, 2.24) is 0 Å². The van der Waals surface area contributed by atoms with Gasteiger partial charge in [0.15, 0.2) is 5.96 Å². The normalized spacial score (nSPS) is 13.2. The van der Waals surface area contributed by atoms with Crippen LogP contribution in [-0.2, 0) is 19.4 Å². The van der Waals surface area contributed by atoms with Gasteiger partial charge >= 0.3 is 0 Å². The summed E-state index contributed by atoms with van der Waals surface area (Å²) in [4.78, 5) is 4.57. The van der Waals surface area contributed by atoms with Crippen molar-refractivity contribution in [2.75, 3.05) is 12.4 Å². The van der Waals surface area contributed by atoms with E-state index in [0.29, 0.717) is 12.5 Å². The number of nitrogens with one attached hydrogen (secondary N) is 1. The monoisotopic (exact) mass is 381 g/mol. The summed E-state index contributed by atoms with van der Waals surface area (Å²) in [6.07, 6.45) is 2.12. The maximum Gasteiger partial charge on any atom is 0.193 e. The van der Waals surface area contributed by atoms with E-state index in [2.05, 4.69) is 58.8 Å². The fraction of sp³-hybridized carbons (Fsp3) is 0.160. The lowest BCUT2D eigenvalue weighted by atomic mass is 10.0. The first kappa shape index (κ1) is 17.6. The molecule has 0 fully saturated rings. The molecular formula is C25H23N3O. The van der Waals surface area contributed by atoms with Crippen LogP contribution in [0.25, 0.3) is 21.5 Å². The Kier molecular flexibility index (Phi) is 4.32. The molecule has 4 aromatic rings. The van der Waals surface area contributed by atoms with Gasteiger partial charge in [-0.25, -0.2) is 4.99 Å². The van der Waals surface area contributed by atoms with E-state index in [0.717, 1.165) is 40.6 Å². The number of rotatable bonds is 4. The predicted octanol–water partition coefficient (Wildman–Crippen LogP) is 5.03. The molecule has 4 nitrogen and oxygen atoms in total. The molecule has 1 aliphatic carbocycles. The second kappa shape index (κ2) is 7.13. The molecule has 5 rings (SSSR count). The molecule has 0 saturated heterocycles. The molecule has 4 aromatic carbocycles.